The van der Waals surface area contributed by atoms with Crippen LogP contribution in [-0.4, -0.2) is 13.1 Å². The first-order valence-electron chi connectivity index (χ1n) is 7.06. The Hall–Kier alpha value is -0.820. The molecule has 0 spiro atoms. The van der Waals surface area contributed by atoms with E-state index in [0.29, 0.717) is 0 Å². The summed E-state index contributed by atoms with van der Waals surface area (Å²) >= 11 is 0. The standard InChI is InChI=1S/C16H25N/c1-3-9-17-12-16(15-7-8-15)11-14-6-4-5-13(2)10-14/h4-6,10,15-17H,3,7-9,11-12H2,1-2H3. The minimum Gasteiger partial charge on any atom is -0.316 e. The monoisotopic (exact) mass is 231 g/mol. The summed E-state index contributed by atoms with van der Waals surface area (Å²) < 4.78 is 0. The van der Waals surface area contributed by atoms with E-state index in [1.807, 2.05) is 0 Å². The maximum atomic E-state index is 3.59. The second-order valence-corrected chi connectivity index (χ2v) is 5.49. The van der Waals surface area contributed by atoms with Crippen molar-refractivity contribution in [2.24, 2.45) is 11.8 Å². The van der Waals surface area contributed by atoms with E-state index in [4.69, 9.17) is 0 Å². The first-order chi connectivity index (χ1) is 8.29. The third-order valence-corrected chi connectivity index (χ3v) is 3.70. The van der Waals surface area contributed by atoms with Crippen molar-refractivity contribution in [3.8, 4) is 0 Å². The van der Waals surface area contributed by atoms with Gasteiger partial charge in [0.1, 0.15) is 0 Å². The SMILES string of the molecule is CCCNCC(Cc1cccc(C)c1)C1CC1. The van der Waals surface area contributed by atoms with Gasteiger partial charge < -0.3 is 5.32 Å². The highest BCUT2D eigenvalue weighted by Crippen LogP contribution is 2.38. The number of aryl methyl sites for hydroxylation is 1. The van der Waals surface area contributed by atoms with Gasteiger partial charge >= 0.3 is 0 Å². The zero-order valence-corrected chi connectivity index (χ0v) is 11.2. The molecule has 1 aliphatic carbocycles. The highest BCUT2D eigenvalue weighted by atomic mass is 14.9. The van der Waals surface area contributed by atoms with Gasteiger partial charge in [0.2, 0.25) is 0 Å². The van der Waals surface area contributed by atoms with Crippen molar-refractivity contribution in [2.45, 2.75) is 39.5 Å². The van der Waals surface area contributed by atoms with Gasteiger partial charge in [-0.15, -0.1) is 0 Å². The molecule has 1 aliphatic rings. The number of hydrogen-bond acceptors (Lipinski definition) is 1. The van der Waals surface area contributed by atoms with E-state index in [1.165, 1.54) is 43.4 Å². The molecule has 0 aliphatic heterocycles. The predicted octanol–water partition coefficient (Wildman–Crippen LogP) is 3.56. The van der Waals surface area contributed by atoms with E-state index in [1.54, 1.807) is 0 Å². The molecule has 0 radical (unpaired) electrons. The summed E-state index contributed by atoms with van der Waals surface area (Å²) in [5, 5.41) is 3.59. The molecular weight excluding hydrogens is 206 g/mol. The largest absolute Gasteiger partial charge is 0.316 e. The highest BCUT2D eigenvalue weighted by Gasteiger charge is 2.30. The maximum absolute atomic E-state index is 3.59. The van der Waals surface area contributed by atoms with Crippen molar-refractivity contribution in [3.63, 3.8) is 0 Å². The lowest BCUT2D eigenvalue weighted by atomic mass is 9.94. The topological polar surface area (TPSA) is 12.0 Å². The zero-order chi connectivity index (χ0) is 12.1. The third kappa shape index (κ3) is 4.16. The van der Waals surface area contributed by atoms with Gasteiger partial charge in [-0.2, -0.15) is 0 Å². The van der Waals surface area contributed by atoms with Crippen LogP contribution in [0.5, 0.6) is 0 Å². The van der Waals surface area contributed by atoms with Crippen molar-refractivity contribution in [2.75, 3.05) is 13.1 Å². The van der Waals surface area contributed by atoms with Crippen LogP contribution in [0.1, 0.15) is 37.3 Å². The summed E-state index contributed by atoms with van der Waals surface area (Å²) in [6.07, 6.45) is 5.39. The molecule has 0 saturated heterocycles. The molecule has 1 fully saturated rings. The summed E-state index contributed by atoms with van der Waals surface area (Å²) in [4.78, 5) is 0. The summed E-state index contributed by atoms with van der Waals surface area (Å²) in [5.41, 5.74) is 2.90. The third-order valence-electron chi connectivity index (χ3n) is 3.70. The van der Waals surface area contributed by atoms with Gasteiger partial charge in [0.25, 0.3) is 0 Å². The lowest BCUT2D eigenvalue weighted by Crippen LogP contribution is -2.26. The van der Waals surface area contributed by atoms with E-state index >= 15 is 0 Å². The number of rotatable bonds is 7. The molecule has 2 rings (SSSR count). The van der Waals surface area contributed by atoms with Crippen LogP contribution in [0.25, 0.3) is 0 Å². The van der Waals surface area contributed by atoms with Gasteiger partial charge in [-0.05, 0) is 63.1 Å². The molecule has 0 bridgehead atoms. The fraction of sp³-hybridized carbons (Fsp3) is 0.625. The van der Waals surface area contributed by atoms with Gasteiger partial charge in [-0.1, -0.05) is 36.8 Å². The van der Waals surface area contributed by atoms with Crippen LogP contribution in [0.15, 0.2) is 24.3 Å². The normalized spacial score (nSPS) is 17.1. The quantitative estimate of drug-likeness (QED) is 0.707. The Balaban J connectivity index is 1.88. The van der Waals surface area contributed by atoms with Crippen LogP contribution < -0.4 is 5.32 Å². The summed E-state index contributed by atoms with van der Waals surface area (Å²) in [6, 6.07) is 9.00. The van der Waals surface area contributed by atoms with Crippen molar-refractivity contribution >= 4 is 0 Å². The molecule has 0 aromatic heterocycles. The lowest BCUT2D eigenvalue weighted by molar-refractivity contribution is 0.424. The van der Waals surface area contributed by atoms with E-state index in [2.05, 4.69) is 43.4 Å². The number of hydrogen-bond donors (Lipinski definition) is 1. The molecule has 1 N–H and O–H groups in total. The molecule has 1 aromatic carbocycles. The van der Waals surface area contributed by atoms with Crippen LogP contribution in [0.4, 0.5) is 0 Å². The Morgan fingerprint density at radius 1 is 1.35 bits per heavy atom. The number of benzene rings is 1. The smallest absolute Gasteiger partial charge is 0.00147 e. The maximum Gasteiger partial charge on any atom is -0.00147 e. The Bertz CT molecular complexity index is 341. The Kier molecular flexibility index (Phi) is 4.61. The van der Waals surface area contributed by atoms with Gasteiger partial charge in [0.05, 0.1) is 0 Å². The molecule has 1 aromatic rings. The van der Waals surface area contributed by atoms with Crippen LogP contribution in [0, 0.1) is 18.8 Å². The first kappa shape index (κ1) is 12.6. The second kappa shape index (κ2) is 6.20. The van der Waals surface area contributed by atoms with Gasteiger partial charge in [-0.25, -0.2) is 0 Å². The Labute approximate surface area is 106 Å². The van der Waals surface area contributed by atoms with E-state index in [9.17, 15) is 0 Å². The fourth-order valence-electron chi connectivity index (χ4n) is 2.58. The molecule has 0 amide bonds. The van der Waals surface area contributed by atoms with Gasteiger partial charge in [-0.3, -0.25) is 0 Å². The van der Waals surface area contributed by atoms with Crippen molar-refractivity contribution in [3.05, 3.63) is 35.4 Å². The van der Waals surface area contributed by atoms with Crippen molar-refractivity contribution < 1.29 is 0 Å². The average molecular weight is 231 g/mol. The van der Waals surface area contributed by atoms with Crippen LogP contribution in [0.3, 0.4) is 0 Å². The minimum atomic E-state index is 0.850. The fourth-order valence-corrected chi connectivity index (χ4v) is 2.58. The van der Waals surface area contributed by atoms with Crippen molar-refractivity contribution in [1.82, 2.24) is 5.32 Å². The Morgan fingerprint density at radius 3 is 2.82 bits per heavy atom. The molecule has 1 saturated carbocycles. The minimum absolute atomic E-state index is 0.850. The van der Waals surface area contributed by atoms with Crippen LogP contribution >= 0.6 is 0 Å². The van der Waals surface area contributed by atoms with Crippen LogP contribution in [0.2, 0.25) is 0 Å². The van der Waals surface area contributed by atoms with Crippen LogP contribution in [-0.2, 0) is 6.42 Å². The van der Waals surface area contributed by atoms with Crippen molar-refractivity contribution in [1.29, 1.82) is 0 Å². The summed E-state index contributed by atoms with van der Waals surface area (Å²) in [7, 11) is 0. The highest BCUT2D eigenvalue weighted by molar-refractivity contribution is 5.22. The molecule has 17 heavy (non-hydrogen) atoms. The molecular formula is C16H25N. The molecule has 1 atom stereocenters. The molecule has 1 nitrogen and oxygen atoms in total. The molecule has 1 unspecified atom stereocenters. The van der Waals surface area contributed by atoms with E-state index < -0.39 is 0 Å². The molecule has 1 heteroatoms. The van der Waals surface area contributed by atoms with E-state index in [-0.39, 0.29) is 0 Å². The lowest BCUT2D eigenvalue weighted by Gasteiger charge is -2.17. The average Bonchev–Trinajstić information content (AvgIpc) is 3.12. The Morgan fingerprint density at radius 2 is 2.18 bits per heavy atom. The van der Waals surface area contributed by atoms with Gasteiger partial charge in [0, 0.05) is 0 Å². The number of nitrogens with one attached hydrogen (secondary N) is 1. The summed E-state index contributed by atoms with van der Waals surface area (Å²) in [6.45, 7) is 6.79. The summed E-state index contributed by atoms with van der Waals surface area (Å²) in [5.74, 6) is 1.84. The van der Waals surface area contributed by atoms with E-state index in [0.717, 1.165) is 18.4 Å². The zero-order valence-electron chi connectivity index (χ0n) is 11.2. The molecule has 0 heterocycles. The molecule has 94 valence electrons. The first-order valence-corrected chi connectivity index (χ1v) is 7.06. The second-order valence-electron chi connectivity index (χ2n) is 5.49. The van der Waals surface area contributed by atoms with Gasteiger partial charge in [0.15, 0.2) is 0 Å². The predicted molar refractivity (Wildman–Crippen MR) is 74.3 cm³/mol.